The van der Waals surface area contributed by atoms with Crippen LogP contribution < -0.4 is 15.4 Å². The first-order chi connectivity index (χ1) is 21.1. The molecule has 2 aliphatic rings. The molecule has 3 N–H and O–H groups in total. The third kappa shape index (κ3) is 8.09. The van der Waals surface area contributed by atoms with Crippen LogP contribution >= 0.6 is 0 Å². The average molecular weight is 610 g/mol. The van der Waals surface area contributed by atoms with E-state index in [1.165, 1.54) is 4.90 Å². The molecule has 240 valence electrons. The van der Waals surface area contributed by atoms with Crippen molar-refractivity contribution in [2.24, 2.45) is 11.8 Å². The molecule has 1 saturated heterocycles. The van der Waals surface area contributed by atoms with Crippen molar-refractivity contribution in [3.63, 3.8) is 0 Å². The number of hydrogen-bond acceptors (Lipinski definition) is 7. The fourth-order valence-electron chi connectivity index (χ4n) is 6.16. The number of hydrogen-bond donors (Lipinski definition) is 3. The minimum atomic E-state index is -0.718. The van der Waals surface area contributed by atoms with Gasteiger partial charge in [-0.3, -0.25) is 9.59 Å². The Morgan fingerprint density at radius 1 is 0.932 bits per heavy atom. The number of unbranched alkanes of at least 4 members (excludes halogenated alkanes) is 1. The summed E-state index contributed by atoms with van der Waals surface area (Å²) in [5.74, 6) is -0.129. The van der Waals surface area contributed by atoms with Gasteiger partial charge in [0.15, 0.2) is 0 Å². The molecule has 1 fully saturated rings. The number of aliphatic hydroxyl groups is 1. The monoisotopic (exact) mass is 609 g/mol. The number of likely N-dealkylation sites (tertiary alicyclic amines) is 1. The van der Waals surface area contributed by atoms with Crippen molar-refractivity contribution in [2.45, 2.75) is 63.9 Å². The fourth-order valence-corrected chi connectivity index (χ4v) is 6.16. The number of rotatable bonds is 12. The first kappa shape index (κ1) is 33.3. The van der Waals surface area contributed by atoms with Crippen LogP contribution in [0.25, 0.3) is 0 Å². The molecule has 2 atom stereocenters. The summed E-state index contributed by atoms with van der Waals surface area (Å²) >= 11 is 0. The fraction of sp³-hybridized carbons (Fsp3) is 0.559. The maximum atomic E-state index is 14.0. The summed E-state index contributed by atoms with van der Waals surface area (Å²) in [6, 6.07) is 15.9. The molecular weight excluding hydrogens is 562 g/mol. The van der Waals surface area contributed by atoms with E-state index in [1.807, 2.05) is 36.4 Å². The zero-order valence-electron chi connectivity index (χ0n) is 26.4. The van der Waals surface area contributed by atoms with Gasteiger partial charge >= 0.3 is 6.09 Å². The number of carbonyl (C=O) groups excluding carboxylic acids is 3. The predicted molar refractivity (Wildman–Crippen MR) is 167 cm³/mol. The molecule has 2 aliphatic heterocycles. The van der Waals surface area contributed by atoms with Crippen molar-refractivity contribution in [1.29, 1.82) is 0 Å². The Kier molecular flexibility index (Phi) is 11.3. The third-order valence-corrected chi connectivity index (χ3v) is 8.27. The van der Waals surface area contributed by atoms with Crippen LogP contribution in [0.15, 0.2) is 48.5 Å². The number of ether oxygens (including phenoxy) is 3. The average Bonchev–Trinajstić information content (AvgIpc) is 3.00. The van der Waals surface area contributed by atoms with E-state index < -0.39 is 28.9 Å². The second-order valence-corrected chi connectivity index (χ2v) is 12.7. The highest BCUT2D eigenvalue weighted by molar-refractivity contribution is 5.84. The second kappa shape index (κ2) is 14.9. The van der Waals surface area contributed by atoms with Crippen molar-refractivity contribution in [2.75, 3.05) is 46.5 Å². The minimum Gasteiger partial charge on any atom is -0.457 e. The van der Waals surface area contributed by atoms with Gasteiger partial charge in [-0.05, 0) is 65.0 Å². The summed E-state index contributed by atoms with van der Waals surface area (Å²) in [5, 5.41) is 15.2. The summed E-state index contributed by atoms with van der Waals surface area (Å²) in [5.41, 5.74) is 0.757. The molecule has 0 aromatic heterocycles. The number of carbonyl (C=O) groups is 3. The number of para-hydroxylation sites is 2. The number of piperidine rings is 1. The predicted octanol–water partition coefficient (Wildman–Crippen LogP) is 4.38. The molecule has 2 aromatic rings. The topological polar surface area (TPSA) is 126 Å². The highest BCUT2D eigenvalue weighted by Crippen LogP contribution is 2.50. The van der Waals surface area contributed by atoms with E-state index in [4.69, 9.17) is 19.3 Å². The number of benzene rings is 2. The Bertz CT molecular complexity index is 1250. The van der Waals surface area contributed by atoms with Crippen molar-refractivity contribution < 1.29 is 33.7 Å². The molecule has 0 bridgehead atoms. The Morgan fingerprint density at radius 3 is 2.09 bits per heavy atom. The molecule has 44 heavy (non-hydrogen) atoms. The lowest BCUT2D eigenvalue weighted by Gasteiger charge is -2.41. The Hall–Kier alpha value is -3.63. The summed E-state index contributed by atoms with van der Waals surface area (Å²) < 4.78 is 17.2. The molecule has 0 unspecified atom stereocenters. The van der Waals surface area contributed by atoms with Gasteiger partial charge in [0.2, 0.25) is 11.8 Å². The zero-order valence-corrected chi connectivity index (χ0v) is 26.4. The summed E-state index contributed by atoms with van der Waals surface area (Å²) in [4.78, 5) is 41.6. The summed E-state index contributed by atoms with van der Waals surface area (Å²) in [6.45, 7) is 6.92. The van der Waals surface area contributed by atoms with Gasteiger partial charge in [0.1, 0.15) is 17.1 Å². The zero-order chi connectivity index (χ0) is 31.7. The Balaban J connectivity index is 1.59. The van der Waals surface area contributed by atoms with Crippen LogP contribution in [0, 0.1) is 11.8 Å². The van der Waals surface area contributed by atoms with Crippen LogP contribution in [-0.2, 0) is 24.5 Å². The van der Waals surface area contributed by atoms with E-state index in [-0.39, 0.29) is 31.5 Å². The van der Waals surface area contributed by atoms with Gasteiger partial charge in [0, 0.05) is 63.0 Å². The largest absolute Gasteiger partial charge is 0.457 e. The number of amides is 3. The van der Waals surface area contributed by atoms with Crippen molar-refractivity contribution >= 4 is 17.9 Å². The van der Waals surface area contributed by atoms with Gasteiger partial charge in [-0.15, -0.1) is 0 Å². The number of nitrogens with one attached hydrogen (secondary N) is 2. The highest BCUT2D eigenvalue weighted by atomic mass is 16.6. The van der Waals surface area contributed by atoms with E-state index in [2.05, 4.69) is 22.8 Å². The first-order valence-corrected chi connectivity index (χ1v) is 15.6. The van der Waals surface area contributed by atoms with Gasteiger partial charge in [0.05, 0.1) is 11.8 Å². The van der Waals surface area contributed by atoms with Crippen molar-refractivity contribution in [3.8, 4) is 11.5 Å². The number of nitrogens with zero attached hydrogens (tertiary/aromatic N) is 1. The van der Waals surface area contributed by atoms with E-state index in [9.17, 15) is 14.4 Å². The normalized spacial score (nSPS) is 18.8. The van der Waals surface area contributed by atoms with Gasteiger partial charge < -0.3 is 34.9 Å². The molecule has 2 aromatic carbocycles. The van der Waals surface area contributed by atoms with Gasteiger partial charge in [0.25, 0.3) is 0 Å². The first-order valence-electron chi connectivity index (χ1n) is 15.6. The molecule has 2 heterocycles. The maximum absolute atomic E-state index is 14.0. The lowest BCUT2D eigenvalue weighted by atomic mass is 9.69. The van der Waals surface area contributed by atoms with Crippen LogP contribution in [0.1, 0.15) is 64.0 Å². The highest BCUT2D eigenvalue weighted by Gasteiger charge is 2.43. The number of aliphatic hydroxyl groups excluding tert-OH is 1. The van der Waals surface area contributed by atoms with Crippen molar-refractivity contribution in [3.05, 3.63) is 59.7 Å². The lowest BCUT2D eigenvalue weighted by molar-refractivity contribution is -0.131. The molecule has 0 aliphatic carbocycles. The van der Waals surface area contributed by atoms with Crippen LogP contribution in [0.5, 0.6) is 11.5 Å². The Morgan fingerprint density at radius 2 is 1.52 bits per heavy atom. The molecule has 10 heteroatoms. The van der Waals surface area contributed by atoms with Crippen LogP contribution in [0.2, 0.25) is 0 Å². The molecule has 0 spiro atoms. The Labute approximate surface area is 260 Å². The van der Waals surface area contributed by atoms with Crippen LogP contribution in [0.3, 0.4) is 0 Å². The molecule has 0 saturated carbocycles. The van der Waals surface area contributed by atoms with E-state index in [0.717, 1.165) is 41.9 Å². The maximum Gasteiger partial charge on any atom is 0.410 e. The summed E-state index contributed by atoms with van der Waals surface area (Å²) in [6.07, 6.45) is 2.68. The standard InChI is InChI=1S/C34H47N3O7/c1-33(2,3)44-32(41)37-21-24(30(39)35-17-11-18-38)20-25(22-37)31(40)36-23-34(16-9-10-19-42-4)26-12-5-7-14-28(26)43-29-15-8-6-13-27(29)34/h5-8,12-15,24-25,38H,9-11,16-23H2,1-4H3,(H,35,39)(H,36,40)/t24-,25-/m0/s1. The summed E-state index contributed by atoms with van der Waals surface area (Å²) in [7, 11) is 1.69. The second-order valence-electron chi connectivity index (χ2n) is 12.7. The van der Waals surface area contributed by atoms with E-state index in [0.29, 0.717) is 32.5 Å². The van der Waals surface area contributed by atoms with Gasteiger partial charge in [-0.1, -0.05) is 36.4 Å². The quantitative estimate of drug-likeness (QED) is 0.305. The van der Waals surface area contributed by atoms with Gasteiger partial charge in [-0.25, -0.2) is 4.79 Å². The number of fused-ring (bicyclic) bond motifs is 2. The molecular formula is C34H47N3O7. The smallest absolute Gasteiger partial charge is 0.410 e. The SMILES string of the molecule is COCCCCC1(CNC(=O)[C@H]2C[C@H](C(=O)NCCCO)CN(C(=O)OC(C)(C)C)C2)c2ccccc2Oc2ccccc21. The van der Waals surface area contributed by atoms with Crippen LogP contribution in [0.4, 0.5) is 4.79 Å². The van der Waals surface area contributed by atoms with E-state index in [1.54, 1.807) is 27.9 Å². The molecule has 4 rings (SSSR count). The minimum absolute atomic E-state index is 0.0372. The molecule has 10 nitrogen and oxygen atoms in total. The third-order valence-electron chi connectivity index (χ3n) is 8.27. The van der Waals surface area contributed by atoms with E-state index >= 15 is 0 Å². The van der Waals surface area contributed by atoms with Crippen LogP contribution in [-0.4, -0.2) is 80.0 Å². The van der Waals surface area contributed by atoms with Gasteiger partial charge in [-0.2, -0.15) is 0 Å². The van der Waals surface area contributed by atoms with Crippen molar-refractivity contribution in [1.82, 2.24) is 15.5 Å². The molecule has 0 radical (unpaired) electrons. The number of methoxy groups -OCH3 is 1. The lowest BCUT2D eigenvalue weighted by Crippen LogP contribution is -2.54. The molecule has 3 amide bonds.